The van der Waals surface area contributed by atoms with Gasteiger partial charge < -0.3 is 10.1 Å². The normalized spacial score (nSPS) is 19.2. The number of hydrogen-bond acceptors (Lipinski definition) is 4. The van der Waals surface area contributed by atoms with Crippen LogP contribution in [0.25, 0.3) is 0 Å². The molecule has 0 saturated carbocycles. The van der Waals surface area contributed by atoms with Gasteiger partial charge in [0.2, 0.25) is 0 Å². The minimum absolute atomic E-state index is 0.343. The third-order valence-corrected chi connectivity index (χ3v) is 4.02. The molecule has 1 aromatic rings. The zero-order valence-corrected chi connectivity index (χ0v) is 15.0. The molecule has 0 bridgehead atoms. The SMILES string of the molecule is CC(C)(C)OC(=O)NC[C@H]1CCCN1Cc1ccc(Br)nc1. The number of ether oxygens (including phenoxy) is 1. The zero-order valence-electron chi connectivity index (χ0n) is 13.4. The third kappa shape index (κ3) is 5.57. The molecule has 22 heavy (non-hydrogen) atoms. The first kappa shape index (κ1) is 17.2. The molecule has 6 heteroatoms. The van der Waals surface area contributed by atoms with Gasteiger partial charge in [0.1, 0.15) is 10.2 Å². The van der Waals surface area contributed by atoms with Gasteiger partial charge >= 0.3 is 6.09 Å². The topological polar surface area (TPSA) is 54.5 Å². The van der Waals surface area contributed by atoms with Crippen LogP contribution in [0.5, 0.6) is 0 Å². The van der Waals surface area contributed by atoms with E-state index >= 15 is 0 Å². The molecule has 0 unspecified atom stereocenters. The molecule has 1 aromatic heterocycles. The molecule has 0 aliphatic carbocycles. The maximum atomic E-state index is 11.8. The number of likely N-dealkylation sites (tertiary alicyclic amines) is 1. The second kappa shape index (κ2) is 7.42. The van der Waals surface area contributed by atoms with Crippen molar-refractivity contribution in [3.8, 4) is 0 Å². The van der Waals surface area contributed by atoms with Gasteiger partial charge in [-0.25, -0.2) is 9.78 Å². The minimum atomic E-state index is -0.456. The lowest BCUT2D eigenvalue weighted by Gasteiger charge is -2.26. The molecule has 0 spiro atoms. The molecule has 1 fully saturated rings. The molecular formula is C16H24BrN3O2. The molecule has 1 N–H and O–H groups in total. The van der Waals surface area contributed by atoms with Gasteiger partial charge in [0.15, 0.2) is 0 Å². The molecule has 0 radical (unpaired) electrons. The third-order valence-electron chi connectivity index (χ3n) is 3.55. The number of halogens is 1. The molecule has 1 aliphatic rings. The number of amides is 1. The van der Waals surface area contributed by atoms with Crippen LogP contribution in [0.2, 0.25) is 0 Å². The summed E-state index contributed by atoms with van der Waals surface area (Å²) in [5, 5.41) is 2.88. The number of rotatable bonds is 4. The highest BCUT2D eigenvalue weighted by atomic mass is 79.9. The summed E-state index contributed by atoms with van der Waals surface area (Å²) in [5.74, 6) is 0. The Hall–Kier alpha value is -1.14. The number of pyridine rings is 1. The number of carbonyl (C=O) groups is 1. The Morgan fingerprint density at radius 3 is 2.91 bits per heavy atom. The summed E-state index contributed by atoms with van der Waals surface area (Å²) in [4.78, 5) is 18.4. The number of alkyl carbamates (subject to hydrolysis) is 1. The van der Waals surface area contributed by atoms with Crippen LogP contribution in [-0.2, 0) is 11.3 Å². The fourth-order valence-electron chi connectivity index (χ4n) is 2.58. The van der Waals surface area contributed by atoms with Gasteiger partial charge in [0, 0.05) is 25.3 Å². The van der Waals surface area contributed by atoms with Gasteiger partial charge in [0.25, 0.3) is 0 Å². The summed E-state index contributed by atoms with van der Waals surface area (Å²) in [6.45, 7) is 8.15. The molecular weight excluding hydrogens is 346 g/mol. The molecule has 1 atom stereocenters. The Labute approximate surface area is 140 Å². The predicted molar refractivity (Wildman–Crippen MR) is 89.6 cm³/mol. The van der Waals surface area contributed by atoms with Crippen LogP contribution in [0.1, 0.15) is 39.2 Å². The van der Waals surface area contributed by atoms with Gasteiger partial charge in [-0.15, -0.1) is 0 Å². The second-order valence-electron chi connectivity index (χ2n) is 6.64. The summed E-state index contributed by atoms with van der Waals surface area (Å²) in [5.41, 5.74) is 0.732. The molecule has 2 heterocycles. The largest absolute Gasteiger partial charge is 0.444 e. The van der Waals surface area contributed by atoms with Crippen LogP contribution in [0.4, 0.5) is 4.79 Å². The highest BCUT2D eigenvalue weighted by Crippen LogP contribution is 2.20. The van der Waals surface area contributed by atoms with Crippen molar-refractivity contribution in [2.45, 2.75) is 51.8 Å². The van der Waals surface area contributed by atoms with Gasteiger partial charge in [0.05, 0.1) is 0 Å². The summed E-state index contributed by atoms with van der Waals surface area (Å²) < 4.78 is 6.13. The molecule has 1 saturated heterocycles. The van der Waals surface area contributed by atoms with Gasteiger partial charge in [-0.1, -0.05) is 6.07 Å². The molecule has 0 aromatic carbocycles. The number of hydrogen-bond donors (Lipinski definition) is 1. The van der Waals surface area contributed by atoms with E-state index in [0.717, 1.165) is 30.5 Å². The maximum Gasteiger partial charge on any atom is 0.407 e. The summed E-state index contributed by atoms with van der Waals surface area (Å²) in [6.07, 6.45) is 3.80. The first-order chi connectivity index (χ1) is 10.3. The number of nitrogens with zero attached hydrogens (tertiary/aromatic N) is 2. The maximum absolute atomic E-state index is 11.8. The Bertz CT molecular complexity index is 499. The van der Waals surface area contributed by atoms with Crippen LogP contribution in [0, 0.1) is 0 Å². The summed E-state index contributed by atoms with van der Waals surface area (Å²) in [7, 11) is 0. The average molecular weight is 370 g/mol. The van der Waals surface area contributed by atoms with Crippen LogP contribution in [0.3, 0.4) is 0 Å². The summed E-state index contributed by atoms with van der Waals surface area (Å²) >= 11 is 3.35. The smallest absolute Gasteiger partial charge is 0.407 e. The zero-order chi connectivity index (χ0) is 16.2. The van der Waals surface area contributed by atoms with E-state index in [2.05, 4.69) is 37.2 Å². The van der Waals surface area contributed by atoms with E-state index in [1.54, 1.807) is 0 Å². The number of nitrogens with one attached hydrogen (secondary N) is 1. The van der Waals surface area contributed by atoms with Gasteiger partial charge in [-0.3, -0.25) is 4.90 Å². The van der Waals surface area contributed by atoms with Gasteiger partial charge in [-0.05, 0) is 67.7 Å². The Kier molecular flexibility index (Phi) is 5.81. The van der Waals surface area contributed by atoms with Crippen molar-refractivity contribution in [3.63, 3.8) is 0 Å². The van der Waals surface area contributed by atoms with E-state index in [9.17, 15) is 4.79 Å². The molecule has 2 rings (SSSR count). The summed E-state index contributed by atoms with van der Waals surface area (Å²) in [6, 6.07) is 4.39. The highest BCUT2D eigenvalue weighted by Gasteiger charge is 2.25. The lowest BCUT2D eigenvalue weighted by atomic mass is 10.2. The standard InChI is InChI=1S/C16H24BrN3O2/c1-16(2,3)22-15(21)19-10-13-5-4-8-20(13)11-12-6-7-14(17)18-9-12/h6-7,9,13H,4-5,8,10-11H2,1-3H3,(H,19,21)/t13-/m1/s1. The van der Waals surface area contributed by atoms with Crippen molar-refractivity contribution in [3.05, 3.63) is 28.5 Å². The first-order valence-corrected chi connectivity index (χ1v) is 8.44. The molecule has 122 valence electrons. The fraction of sp³-hybridized carbons (Fsp3) is 0.625. The minimum Gasteiger partial charge on any atom is -0.444 e. The van der Waals surface area contributed by atoms with Crippen molar-refractivity contribution in [1.29, 1.82) is 0 Å². The predicted octanol–water partition coefficient (Wildman–Crippen LogP) is 3.33. The van der Waals surface area contributed by atoms with Crippen LogP contribution in [0.15, 0.2) is 22.9 Å². The molecule has 5 nitrogen and oxygen atoms in total. The van der Waals surface area contributed by atoms with E-state index in [1.807, 2.05) is 33.0 Å². The monoisotopic (exact) mass is 369 g/mol. The van der Waals surface area contributed by atoms with E-state index < -0.39 is 5.60 Å². The average Bonchev–Trinajstić information content (AvgIpc) is 2.84. The van der Waals surface area contributed by atoms with Crippen molar-refractivity contribution in [2.24, 2.45) is 0 Å². The first-order valence-electron chi connectivity index (χ1n) is 7.65. The Morgan fingerprint density at radius 2 is 2.27 bits per heavy atom. The quantitative estimate of drug-likeness (QED) is 0.826. The van der Waals surface area contributed by atoms with Gasteiger partial charge in [-0.2, -0.15) is 0 Å². The van der Waals surface area contributed by atoms with Crippen LogP contribution < -0.4 is 5.32 Å². The highest BCUT2D eigenvalue weighted by molar-refractivity contribution is 9.10. The number of carbonyl (C=O) groups excluding carboxylic acids is 1. The molecule has 1 amide bonds. The van der Waals surface area contributed by atoms with E-state index in [0.29, 0.717) is 12.6 Å². The van der Waals surface area contributed by atoms with Crippen molar-refractivity contribution >= 4 is 22.0 Å². The van der Waals surface area contributed by atoms with Crippen LogP contribution >= 0.6 is 15.9 Å². The van der Waals surface area contributed by atoms with Crippen molar-refractivity contribution in [2.75, 3.05) is 13.1 Å². The second-order valence-corrected chi connectivity index (χ2v) is 7.45. The van der Waals surface area contributed by atoms with Crippen molar-refractivity contribution in [1.82, 2.24) is 15.2 Å². The number of aromatic nitrogens is 1. The van der Waals surface area contributed by atoms with E-state index in [1.165, 1.54) is 5.56 Å². The molecule has 1 aliphatic heterocycles. The van der Waals surface area contributed by atoms with Crippen molar-refractivity contribution < 1.29 is 9.53 Å². The Morgan fingerprint density at radius 1 is 1.50 bits per heavy atom. The Balaban J connectivity index is 1.83. The lowest BCUT2D eigenvalue weighted by molar-refractivity contribution is 0.0512. The van der Waals surface area contributed by atoms with Crippen LogP contribution in [-0.4, -0.2) is 40.7 Å². The van der Waals surface area contributed by atoms with E-state index in [4.69, 9.17) is 4.74 Å². The van der Waals surface area contributed by atoms with E-state index in [-0.39, 0.29) is 6.09 Å². The lowest BCUT2D eigenvalue weighted by Crippen LogP contribution is -2.41. The fourth-order valence-corrected chi connectivity index (χ4v) is 2.82.